The van der Waals surface area contributed by atoms with Gasteiger partial charge >= 0.3 is 6.03 Å². The third-order valence-corrected chi connectivity index (χ3v) is 3.13. The second-order valence-corrected chi connectivity index (χ2v) is 6.10. The SMILES string of the molecule is CC(C)C(=O)NCC(C)(C)CC1C(=O)NC(=O)NC1=O. The monoisotopic (exact) mass is 283 g/mol. The molecule has 1 saturated heterocycles. The second kappa shape index (κ2) is 6.02. The van der Waals surface area contributed by atoms with Gasteiger partial charge in [-0.15, -0.1) is 0 Å². The first-order valence-electron chi connectivity index (χ1n) is 6.56. The standard InChI is InChI=1S/C13H21N3O4/c1-7(2)9(17)14-6-13(3,4)5-8-10(18)15-12(20)16-11(8)19/h7-8H,5-6H2,1-4H3,(H,14,17)(H2,15,16,18,19,20). The van der Waals surface area contributed by atoms with Gasteiger partial charge in [0.2, 0.25) is 17.7 Å². The fourth-order valence-corrected chi connectivity index (χ4v) is 1.89. The first-order chi connectivity index (χ1) is 9.12. The Morgan fingerprint density at radius 2 is 1.70 bits per heavy atom. The van der Waals surface area contributed by atoms with E-state index < -0.39 is 29.2 Å². The number of imide groups is 2. The Kier molecular flexibility index (Phi) is 4.86. The van der Waals surface area contributed by atoms with E-state index in [1.54, 1.807) is 13.8 Å². The van der Waals surface area contributed by atoms with Crippen molar-refractivity contribution in [3.05, 3.63) is 0 Å². The predicted molar refractivity (Wildman–Crippen MR) is 71.4 cm³/mol. The Bertz CT molecular complexity index is 423. The van der Waals surface area contributed by atoms with E-state index in [9.17, 15) is 19.2 Å². The quantitative estimate of drug-likeness (QED) is 0.625. The molecule has 0 spiro atoms. The zero-order valence-corrected chi connectivity index (χ0v) is 12.2. The molecule has 0 aromatic rings. The lowest BCUT2D eigenvalue weighted by Gasteiger charge is -2.30. The maximum atomic E-state index is 11.7. The van der Waals surface area contributed by atoms with Gasteiger partial charge in [0.25, 0.3) is 0 Å². The highest BCUT2D eigenvalue weighted by Crippen LogP contribution is 2.26. The predicted octanol–water partition coefficient (Wildman–Crippen LogP) is 0.157. The smallest absolute Gasteiger partial charge is 0.328 e. The van der Waals surface area contributed by atoms with E-state index in [1.807, 2.05) is 13.8 Å². The Hall–Kier alpha value is -1.92. The molecule has 0 bridgehead atoms. The third kappa shape index (κ3) is 4.32. The van der Waals surface area contributed by atoms with Crippen LogP contribution in [0.25, 0.3) is 0 Å². The molecule has 7 nitrogen and oxygen atoms in total. The summed E-state index contributed by atoms with van der Waals surface area (Å²) in [6.07, 6.45) is 0.246. The Labute approximate surface area is 117 Å². The van der Waals surface area contributed by atoms with E-state index in [2.05, 4.69) is 16.0 Å². The van der Waals surface area contributed by atoms with E-state index in [4.69, 9.17) is 0 Å². The van der Waals surface area contributed by atoms with Crippen LogP contribution in [0.4, 0.5) is 4.79 Å². The molecule has 0 aliphatic carbocycles. The van der Waals surface area contributed by atoms with Crippen LogP contribution in [-0.4, -0.2) is 30.3 Å². The van der Waals surface area contributed by atoms with Crippen LogP contribution in [0.3, 0.4) is 0 Å². The average molecular weight is 283 g/mol. The van der Waals surface area contributed by atoms with Crippen LogP contribution in [0.1, 0.15) is 34.1 Å². The Morgan fingerprint density at radius 1 is 1.20 bits per heavy atom. The first kappa shape index (κ1) is 16.1. The van der Waals surface area contributed by atoms with Gasteiger partial charge in [-0.05, 0) is 11.8 Å². The normalized spacial score (nSPS) is 16.9. The van der Waals surface area contributed by atoms with Crippen molar-refractivity contribution < 1.29 is 19.2 Å². The van der Waals surface area contributed by atoms with Crippen molar-refractivity contribution in [2.75, 3.05) is 6.54 Å². The number of nitrogens with one attached hydrogen (secondary N) is 3. The van der Waals surface area contributed by atoms with Crippen molar-refractivity contribution in [2.24, 2.45) is 17.3 Å². The molecule has 20 heavy (non-hydrogen) atoms. The van der Waals surface area contributed by atoms with Crippen molar-refractivity contribution in [2.45, 2.75) is 34.1 Å². The molecule has 0 aromatic heterocycles. The van der Waals surface area contributed by atoms with Crippen molar-refractivity contribution in [3.8, 4) is 0 Å². The molecule has 5 amide bonds. The van der Waals surface area contributed by atoms with Gasteiger partial charge in [0.1, 0.15) is 5.92 Å². The summed E-state index contributed by atoms with van der Waals surface area (Å²) in [5, 5.41) is 6.92. The fraction of sp³-hybridized carbons (Fsp3) is 0.692. The zero-order valence-electron chi connectivity index (χ0n) is 12.2. The van der Waals surface area contributed by atoms with Gasteiger partial charge < -0.3 is 5.32 Å². The van der Waals surface area contributed by atoms with Crippen LogP contribution in [0, 0.1) is 17.3 Å². The van der Waals surface area contributed by atoms with Crippen molar-refractivity contribution in [1.82, 2.24) is 16.0 Å². The molecule has 7 heteroatoms. The lowest BCUT2D eigenvalue weighted by molar-refractivity contribution is -0.137. The lowest BCUT2D eigenvalue weighted by Crippen LogP contribution is -2.56. The number of hydrogen-bond donors (Lipinski definition) is 3. The molecule has 112 valence electrons. The van der Waals surface area contributed by atoms with Crippen molar-refractivity contribution >= 4 is 23.8 Å². The second-order valence-electron chi connectivity index (χ2n) is 6.10. The first-order valence-corrected chi connectivity index (χ1v) is 6.56. The van der Waals surface area contributed by atoms with Crippen molar-refractivity contribution in [3.63, 3.8) is 0 Å². The lowest BCUT2D eigenvalue weighted by atomic mass is 9.81. The van der Waals surface area contributed by atoms with Crippen LogP contribution in [0.5, 0.6) is 0 Å². The molecule has 0 saturated carbocycles. The zero-order chi connectivity index (χ0) is 15.5. The summed E-state index contributed by atoms with van der Waals surface area (Å²) in [4.78, 5) is 45.8. The van der Waals surface area contributed by atoms with E-state index in [-0.39, 0.29) is 18.2 Å². The van der Waals surface area contributed by atoms with Gasteiger partial charge in [-0.3, -0.25) is 25.0 Å². The van der Waals surface area contributed by atoms with Crippen LogP contribution in [0.2, 0.25) is 0 Å². The Balaban J connectivity index is 2.61. The summed E-state index contributed by atoms with van der Waals surface area (Å²) in [5.74, 6) is -2.31. The van der Waals surface area contributed by atoms with Crippen molar-refractivity contribution in [1.29, 1.82) is 0 Å². The van der Waals surface area contributed by atoms with E-state index in [0.717, 1.165) is 0 Å². The minimum atomic E-state index is -0.918. The third-order valence-electron chi connectivity index (χ3n) is 3.13. The summed E-state index contributed by atoms with van der Waals surface area (Å²) in [5.41, 5.74) is -0.440. The minimum Gasteiger partial charge on any atom is -0.355 e. The summed E-state index contributed by atoms with van der Waals surface area (Å²) >= 11 is 0. The van der Waals surface area contributed by atoms with Gasteiger partial charge in [0, 0.05) is 12.5 Å². The van der Waals surface area contributed by atoms with Gasteiger partial charge in [0.05, 0.1) is 0 Å². The maximum absolute atomic E-state index is 11.7. The van der Waals surface area contributed by atoms with Crippen LogP contribution in [-0.2, 0) is 14.4 Å². The number of carbonyl (C=O) groups excluding carboxylic acids is 4. The van der Waals surface area contributed by atoms with Crippen LogP contribution < -0.4 is 16.0 Å². The molecule has 1 heterocycles. The van der Waals surface area contributed by atoms with Gasteiger partial charge in [-0.1, -0.05) is 27.7 Å². The molecular weight excluding hydrogens is 262 g/mol. The number of hydrogen-bond acceptors (Lipinski definition) is 4. The molecule has 0 radical (unpaired) electrons. The molecule has 1 aliphatic heterocycles. The summed E-state index contributed by atoms with van der Waals surface area (Å²) in [6, 6.07) is -0.790. The summed E-state index contributed by atoms with van der Waals surface area (Å²) < 4.78 is 0. The number of rotatable bonds is 5. The van der Waals surface area contributed by atoms with Crippen LogP contribution in [0.15, 0.2) is 0 Å². The minimum absolute atomic E-state index is 0.0780. The van der Waals surface area contributed by atoms with Gasteiger partial charge in [0.15, 0.2) is 0 Å². The van der Waals surface area contributed by atoms with Gasteiger partial charge in [-0.25, -0.2) is 4.79 Å². The topological polar surface area (TPSA) is 104 Å². The van der Waals surface area contributed by atoms with Gasteiger partial charge in [-0.2, -0.15) is 0 Å². The highest BCUT2D eigenvalue weighted by atomic mass is 16.2. The number of urea groups is 1. The van der Waals surface area contributed by atoms with Crippen LogP contribution >= 0.6 is 0 Å². The molecule has 3 N–H and O–H groups in total. The summed E-state index contributed by atoms with van der Waals surface area (Å²) in [7, 11) is 0. The molecular formula is C13H21N3O4. The molecule has 0 unspecified atom stereocenters. The Morgan fingerprint density at radius 3 is 2.15 bits per heavy atom. The molecule has 1 rings (SSSR count). The maximum Gasteiger partial charge on any atom is 0.328 e. The van der Waals surface area contributed by atoms with E-state index >= 15 is 0 Å². The fourth-order valence-electron chi connectivity index (χ4n) is 1.89. The number of carbonyl (C=O) groups is 4. The van der Waals surface area contributed by atoms with E-state index in [1.165, 1.54) is 0 Å². The van der Waals surface area contributed by atoms with E-state index in [0.29, 0.717) is 6.54 Å². The molecule has 1 aliphatic rings. The molecule has 0 atom stereocenters. The average Bonchev–Trinajstić information content (AvgIpc) is 2.31. The molecule has 0 aromatic carbocycles. The molecule has 1 fully saturated rings. The highest BCUT2D eigenvalue weighted by Gasteiger charge is 2.38. The number of amides is 5. The largest absolute Gasteiger partial charge is 0.355 e. The number of barbiturate groups is 1. The highest BCUT2D eigenvalue weighted by molar-refractivity contribution is 6.16. The summed E-state index contributed by atoms with van der Waals surface area (Å²) in [6.45, 7) is 7.64.